The van der Waals surface area contributed by atoms with Crippen LogP contribution in [0.15, 0.2) is 48.6 Å². The summed E-state index contributed by atoms with van der Waals surface area (Å²) in [6.45, 7) is 3.42. The predicted octanol–water partition coefficient (Wildman–Crippen LogP) is 11.8. The van der Waals surface area contributed by atoms with Gasteiger partial charge in [0, 0.05) is 13.0 Å². The molecule has 3 N–H and O–H groups in total. The molecule has 0 saturated carbocycles. The normalized spacial score (nSPS) is 14.5. The molecule has 0 fully saturated rings. The van der Waals surface area contributed by atoms with Gasteiger partial charge in [-0.3, -0.25) is 13.8 Å². The first kappa shape index (κ1) is 52.4. The Hall–Kier alpha value is -1.58. The number of aliphatic hydroxyl groups is 2. The molecule has 0 spiro atoms. The van der Waals surface area contributed by atoms with Crippen LogP contribution in [0, 0.1) is 0 Å². The largest absolute Gasteiger partial charge is 0.472 e. The molecule has 0 amide bonds. The van der Waals surface area contributed by atoms with Crippen molar-refractivity contribution in [2.24, 2.45) is 0 Å². The lowest BCUT2D eigenvalue weighted by molar-refractivity contribution is -0.154. The van der Waals surface area contributed by atoms with Crippen molar-refractivity contribution in [3.63, 3.8) is 0 Å². The average molecular weight is 785 g/mol. The highest BCUT2D eigenvalue weighted by Gasteiger charge is 2.26. The van der Waals surface area contributed by atoms with Crippen molar-refractivity contribution in [2.45, 2.75) is 193 Å². The number of carbonyl (C=O) groups is 1. The Morgan fingerprint density at radius 1 is 0.574 bits per heavy atom. The van der Waals surface area contributed by atoms with Gasteiger partial charge in [-0.2, -0.15) is 0 Å². The third kappa shape index (κ3) is 40.1. The van der Waals surface area contributed by atoms with Crippen LogP contribution >= 0.6 is 7.82 Å². The second kappa shape index (κ2) is 41.1. The van der Waals surface area contributed by atoms with Crippen molar-refractivity contribution in [1.29, 1.82) is 0 Å². The van der Waals surface area contributed by atoms with Crippen LogP contribution in [-0.2, 0) is 27.9 Å². The van der Waals surface area contributed by atoms with Crippen LogP contribution in [0.1, 0.15) is 181 Å². The van der Waals surface area contributed by atoms with Gasteiger partial charge < -0.3 is 24.6 Å². The first-order valence-electron chi connectivity index (χ1n) is 21.6. The van der Waals surface area contributed by atoms with E-state index in [1.807, 2.05) is 0 Å². The van der Waals surface area contributed by atoms with E-state index in [2.05, 4.69) is 62.5 Å². The number of hydrogen-bond donors (Lipinski definition) is 3. The Morgan fingerprint density at radius 2 is 1.02 bits per heavy atom. The summed E-state index contributed by atoms with van der Waals surface area (Å²) in [4.78, 5) is 22.5. The Morgan fingerprint density at radius 3 is 1.57 bits per heavy atom. The fourth-order valence-corrected chi connectivity index (χ4v) is 6.43. The zero-order valence-electron chi connectivity index (χ0n) is 34.4. The van der Waals surface area contributed by atoms with Crippen LogP contribution < -0.4 is 0 Å². The molecule has 3 unspecified atom stereocenters. The molecular formula is C44H81O9P. The standard InChI is InChI=1S/C44H81O9P/c1-3-5-7-9-11-13-15-16-17-18-19-20-21-22-23-24-25-27-29-31-33-35-37-50-40-43(41-52-54(48,49)51-39-42(46)38-45)53-44(47)36-34-32-30-28-26-14-12-10-8-6-4-2/h10,12,15-16,18-19,21-22,42-43,45-46H,3-9,11,13-14,17,20,23-41H2,1-2H3,(H,48,49)/b12-10-,16-15-,19-18-,22-21-. The number of esters is 1. The molecule has 0 aromatic rings. The van der Waals surface area contributed by atoms with Gasteiger partial charge in [-0.15, -0.1) is 0 Å². The molecule has 0 aliphatic carbocycles. The molecule has 0 radical (unpaired) electrons. The molecule has 0 rings (SSSR count). The number of phosphoric acid groups is 1. The molecule has 54 heavy (non-hydrogen) atoms. The summed E-state index contributed by atoms with van der Waals surface area (Å²) < 4.78 is 33.3. The average Bonchev–Trinajstić information content (AvgIpc) is 3.16. The monoisotopic (exact) mass is 785 g/mol. The third-order valence-electron chi connectivity index (χ3n) is 8.99. The Kier molecular flexibility index (Phi) is 39.9. The highest BCUT2D eigenvalue weighted by molar-refractivity contribution is 7.47. The SMILES string of the molecule is CCCC/C=C\CCCCCCCC(=O)OC(COCCCCCCCCC/C=C\C/C=C\C/C=C\CCCCCCC)COP(=O)(O)OCC(O)CO. The first-order chi connectivity index (χ1) is 26.3. The van der Waals surface area contributed by atoms with Crippen LogP contribution in [0.4, 0.5) is 0 Å². The molecule has 0 bridgehead atoms. The van der Waals surface area contributed by atoms with Gasteiger partial charge in [0.25, 0.3) is 0 Å². The molecule has 0 aromatic heterocycles. The molecular weight excluding hydrogens is 703 g/mol. The van der Waals surface area contributed by atoms with E-state index in [4.69, 9.17) is 23.6 Å². The van der Waals surface area contributed by atoms with Gasteiger partial charge in [0.2, 0.25) is 0 Å². The van der Waals surface area contributed by atoms with Crippen LogP contribution in [0.5, 0.6) is 0 Å². The topological polar surface area (TPSA) is 132 Å². The number of carbonyl (C=O) groups excluding carboxylic acids is 1. The Labute approximate surface area is 330 Å². The molecule has 0 aliphatic rings. The maximum Gasteiger partial charge on any atom is 0.472 e. The first-order valence-corrected chi connectivity index (χ1v) is 23.1. The van der Waals surface area contributed by atoms with E-state index >= 15 is 0 Å². The number of unbranched alkanes of at least 4 members (excludes halogenated alkanes) is 19. The number of ether oxygens (including phenoxy) is 2. The van der Waals surface area contributed by atoms with Crippen molar-refractivity contribution in [2.75, 3.05) is 33.0 Å². The second-order valence-corrected chi connectivity index (χ2v) is 15.8. The van der Waals surface area contributed by atoms with Gasteiger partial charge in [0.05, 0.1) is 26.4 Å². The van der Waals surface area contributed by atoms with E-state index in [9.17, 15) is 19.4 Å². The zero-order valence-corrected chi connectivity index (χ0v) is 35.3. The Bertz CT molecular complexity index is 981. The Balaban J connectivity index is 4.14. The van der Waals surface area contributed by atoms with Gasteiger partial charge in [0.15, 0.2) is 0 Å². The third-order valence-corrected chi connectivity index (χ3v) is 9.94. The second-order valence-electron chi connectivity index (χ2n) is 14.4. The van der Waals surface area contributed by atoms with Gasteiger partial charge >= 0.3 is 13.8 Å². The minimum absolute atomic E-state index is 0.0381. The lowest BCUT2D eigenvalue weighted by atomic mass is 10.1. The summed E-state index contributed by atoms with van der Waals surface area (Å²) in [6, 6.07) is 0. The van der Waals surface area contributed by atoms with E-state index < -0.39 is 39.2 Å². The van der Waals surface area contributed by atoms with Crippen molar-refractivity contribution in [3.8, 4) is 0 Å². The predicted molar refractivity (Wildman–Crippen MR) is 223 cm³/mol. The van der Waals surface area contributed by atoms with Crippen molar-refractivity contribution in [3.05, 3.63) is 48.6 Å². The maximum atomic E-state index is 12.6. The summed E-state index contributed by atoms with van der Waals surface area (Å²) in [7, 11) is -4.52. The summed E-state index contributed by atoms with van der Waals surface area (Å²) in [5.41, 5.74) is 0. The summed E-state index contributed by atoms with van der Waals surface area (Å²) in [6.07, 6.45) is 45.0. The summed E-state index contributed by atoms with van der Waals surface area (Å²) in [5, 5.41) is 18.3. The van der Waals surface area contributed by atoms with E-state index in [-0.39, 0.29) is 19.6 Å². The molecule has 0 heterocycles. The fourth-order valence-electron chi connectivity index (χ4n) is 5.64. The number of phosphoric ester groups is 1. The highest BCUT2D eigenvalue weighted by Crippen LogP contribution is 2.43. The minimum atomic E-state index is -4.52. The lowest BCUT2D eigenvalue weighted by Crippen LogP contribution is -2.29. The fraction of sp³-hybridized carbons (Fsp3) is 0.795. The lowest BCUT2D eigenvalue weighted by Gasteiger charge is -2.20. The van der Waals surface area contributed by atoms with E-state index in [0.717, 1.165) is 77.0 Å². The molecule has 10 heteroatoms. The van der Waals surface area contributed by atoms with Gasteiger partial charge in [-0.05, 0) is 70.6 Å². The highest BCUT2D eigenvalue weighted by atomic mass is 31.2. The molecule has 9 nitrogen and oxygen atoms in total. The van der Waals surface area contributed by atoms with Gasteiger partial charge in [-0.1, -0.05) is 152 Å². The van der Waals surface area contributed by atoms with Crippen molar-refractivity contribution in [1.82, 2.24) is 0 Å². The van der Waals surface area contributed by atoms with Crippen molar-refractivity contribution < 1.29 is 43.0 Å². The number of allylic oxidation sites excluding steroid dienone is 8. The van der Waals surface area contributed by atoms with Crippen LogP contribution in [0.3, 0.4) is 0 Å². The molecule has 0 aliphatic heterocycles. The van der Waals surface area contributed by atoms with Crippen molar-refractivity contribution >= 4 is 13.8 Å². The number of aliphatic hydroxyl groups excluding tert-OH is 2. The van der Waals surface area contributed by atoms with Gasteiger partial charge in [-0.25, -0.2) is 4.57 Å². The van der Waals surface area contributed by atoms with E-state index in [1.165, 1.54) is 77.0 Å². The maximum absolute atomic E-state index is 12.6. The van der Waals surface area contributed by atoms with E-state index in [0.29, 0.717) is 13.0 Å². The zero-order chi connectivity index (χ0) is 39.6. The summed E-state index contributed by atoms with van der Waals surface area (Å²) >= 11 is 0. The van der Waals surface area contributed by atoms with E-state index in [1.54, 1.807) is 0 Å². The number of rotatable bonds is 41. The molecule has 0 saturated heterocycles. The minimum Gasteiger partial charge on any atom is -0.457 e. The summed E-state index contributed by atoms with van der Waals surface area (Å²) in [5.74, 6) is -0.398. The quantitative estimate of drug-likeness (QED) is 0.0240. The van der Waals surface area contributed by atoms with Crippen LogP contribution in [-0.4, -0.2) is 66.3 Å². The van der Waals surface area contributed by atoms with Crippen LogP contribution in [0.2, 0.25) is 0 Å². The molecule has 0 aromatic carbocycles. The smallest absolute Gasteiger partial charge is 0.457 e. The number of hydrogen-bond acceptors (Lipinski definition) is 8. The van der Waals surface area contributed by atoms with Crippen LogP contribution in [0.25, 0.3) is 0 Å². The van der Waals surface area contributed by atoms with Gasteiger partial charge in [0.1, 0.15) is 12.2 Å². The molecule has 3 atom stereocenters. The molecule has 316 valence electrons.